The molecule has 1 aliphatic carbocycles. The number of hydrogen-bond donors (Lipinski definition) is 0. The second kappa shape index (κ2) is 5.74. The number of benzene rings is 3. The molecule has 0 fully saturated rings. The third-order valence-electron chi connectivity index (χ3n) is 5.33. The van der Waals surface area contributed by atoms with Crippen molar-refractivity contribution in [1.82, 2.24) is 0 Å². The fourth-order valence-electron chi connectivity index (χ4n) is 3.81. The molecule has 0 nitrogen and oxygen atoms in total. The minimum atomic E-state index is -0.0146. The maximum absolute atomic E-state index is 2.42. The molecule has 0 spiro atoms. The normalized spacial score (nSPS) is 19.6. The first-order valence-electron chi connectivity index (χ1n) is 8.96. The molecule has 0 unspecified atom stereocenters. The fraction of sp³-hybridized carbons (Fsp3) is 0.200. The molecule has 1 aliphatic rings. The highest BCUT2D eigenvalue weighted by Crippen LogP contribution is 2.38. The number of hydrogen-bond acceptors (Lipinski definition) is 0. The third-order valence-corrected chi connectivity index (χ3v) is 5.33. The van der Waals surface area contributed by atoms with Gasteiger partial charge in [-0.3, -0.25) is 0 Å². The van der Waals surface area contributed by atoms with Gasteiger partial charge in [-0.15, -0.1) is 0 Å². The van der Waals surface area contributed by atoms with Crippen molar-refractivity contribution >= 4 is 27.1 Å². The summed E-state index contributed by atoms with van der Waals surface area (Å²) >= 11 is 0. The van der Waals surface area contributed by atoms with Crippen LogP contribution in [-0.4, -0.2) is 0 Å². The van der Waals surface area contributed by atoms with Gasteiger partial charge in [-0.25, -0.2) is 0 Å². The molecular formula is C25H24. The summed E-state index contributed by atoms with van der Waals surface area (Å²) in [5.74, 6) is 0. The molecule has 0 atom stereocenters. The van der Waals surface area contributed by atoms with E-state index in [9.17, 15) is 0 Å². The van der Waals surface area contributed by atoms with Gasteiger partial charge in [0.1, 0.15) is 0 Å². The molecule has 0 aliphatic heterocycles. The van der Waals surface area contributed by atoms with Crippen LogP contribution in [0.15, 0.2) is 72.8 Å². The van der Waals surface area contributed by atoms with Gasteiger partial charge in [-0.2, -0.15) is 0 Å². The van der Waals surface area contributed by atoms with Crippen LogP contribution in [0.5, 0.6) is 0 Å². The maximum Gasteiger partial charge on any atom is 0.00846 e. The third kappa shape index (κ3) is 2.72. The van der Waals surface area contributed by atoms with Crippen LogP contribution in [0.3, 0.4) is 0 Å². The van der Waals surface area contributed by atoms with E-state index in [0.717, 1.165) is 0 Å². The van der Waals surface area contributed by atoms with E-state index in [1.54, 1.807) is 0 Å². The Morgan fingerprint density at radius 3 is 2.28 bits per heavy atom. The van der Waals surface area contributed by atoms with Gasteiger partial charge in [-0.1, -0.05) is 80.1 Å². The number of rotatable bonds is 0. The van der Waals surface area contributed by atoms with Crippen LogP contribution in [0.2, 0.25) is 0 Å². The number of aryl methyl sites for hydroxylation is 1. The Morgan fingerprint density at radius 2 is 1.44 bits per heavy atom. The molecule has 0 saturated carbocycles. The van der Waals surface area contributed by atoms with Crippen molar-refractivity contribution in [1.29, 1.82) is 0 Å². The first-order chi connectivity index (χ1) is 12.0. The van der Waals surface area contributed by atoms with Crippen molar-refractivity contribution in [2.45, 2.75) is 33.1 Å². The highest BCUT2D eigenvalue weighted by molar-refractivity contribution is 6.08. The van der Waals surface area contributed by atoms with Gasteiger partial charge in [0.2, 0.25) is 0 Å². The highest BCUT2D eigenvalue weighted by Gasteiger charge is 2.22. The molecule has 124 valence electrons. The highest BCUT2D eigenvalue weighted by atomic mass is 14.3. The predicted molar refractivity (Wildman–Crippen MR) is 111 cm³/mol. The van der Waals surface area contributed by atoms with E-state index in [1.807, 2.05) is 0 Å². The van der Waals surface area contributed by atoms with E-state index in [4.69, 9.17) is 0 Å². The van der Waals surface area contributed by atoms with E-state index >= 15 is 0 Å². The average molecular weight is 324 g/mol. The smallest absolute Gasteiger partial charge is 0.00846 e. The van der Waals surface area contributed by atoms with Gasteiger partial charge in [0.25, 0.3) is 0 Å². The van der Waals surface area contributed by atoms with Crippen LogP contribution in [0.25, 0.3) is 27.1 Å². The second-order valence-electron chi connectivity index (χ2n) is 7.72. The summed E-state index contributed by atoms with van der Waals surface area (Å²) in [5.41, 5.74) is 5.35. The Bertz CT molecular complexity index is 1070. The van der Waals surface area contributed by atoms with Crippen molar-refractivity contribution in [2.75, 3.05) is 0 Å². The van der Waals surface area contributed by atoms with E-state index < -0.39 is 0 Å². The summed E-state index contributed by atoms with van der Waals surface area (Å²) in [6, 6.07) is 16.0. The summed E-state index contributed by atoms with van der Waals surface area (Å²) in [4.78, 5) is 0. The Kier molecular flexibility index (Phi) is 3.65. The SMILES string of the molecule is C/C1=C\C=C/C=CC(C)(C)c2cc3c(ccc4ccc(C)cc43)cc21. The van der Waals surface area contributed by atoms with Crippen LogP contribution in [0.4, 0.5) is 0 Å². The first-order valence-corrected chi connectivity index (χ1v) is 8.96. The van der Waals surface area contributed by atoms with Crippen molar-refractivity contribution in [3.8, 4) is 0 Å². The molecule has 0 heterocycles. The van der Waals surface area contributed by atoms with Crippen molar-refractivity contribution in [3.63, 3.8) is 0 Å². The molecule has 4 rings (SSSR count). The quantitative estimate of drug-likeness (QED) is 0.387. The van der Waals surface area contributed by atoms with E-state index in [-0.39, 0.29) is 5.41 Å². The monoisotopic (exact) mass is 324 g/mol. The molecule has 0 bridgehead atoms. The Labute approximate surface area is 150 Å². The first kappa shape index (κ1) is 15.9. The van der Waals surface area contributed by atoms with Crippen molar-refractivity contribution in [2.24, 2.45) is 0 Å². The second-order valence-corrected chi connectivity index (χ2v) is 7.72. The average Bonchev–Trinajstić information content (AvgIpc) is 2.64. The van der Waals surface area contributed by atoms with E-state index in [0.29, 0.717) is 0 Å². The Balaban J connectivity index is 2.14. The van der Waals surface area contributed by atoms with E-state index in [1.165, 1.54) is 43.8 Å². The number of allylic oxidation sites excluding steroid dienone is 6. The van der Waals surface area contributed by atoms with Gasteiger partial charge >= 0.3 is 0 Å². The fourth-order valence-corrected chi connectivity index (χ4v) is 3.81. The Morgan fingerprint density at radius 1 is 0.720 bits per heavy atom. The zero-order chi connectivity index (χ0) is 17.6. The molecule has 0 N–H and O–H groups in total. The summed E-state index contributed by atoms with van der Waals surface area (Å²) < 4.78 is 0. The van der Waals surface area contributed by atoms with E-state index in [2.05, 4.69) is 101 Å². The molecule has 0 radical (unpaired) electrons. The molecule has 0 heteroatoms. The molecule has 3 aromatic carbocycles. The van der Waals surface area contributed by atoms with Crippen LogP contribution >= 0.6 is 0 Å². The van der Waals surface area contributed by atoms with Crippen molar-refractivity contribution in [3.05, 3.63) is 89.5 Å². The zero-order valence-electron chi connectivity index (χ0n) is 15.4. The summed E-state index contributed by atoms with van der Waals surface area (Å²) in [6.07, 6.45) is 10.9. The van der Waals surface area contributed by atoms with Gasteiger partial charge < -0.3 is 0 Å². The number of fused-ring (bicyclic) bond motifs is 4. The molecule has 0 saturated heterocycles. The lowest BCUT2D eigenvalue weighted by atomic mass is 9.78. The van der Waals surface area contributed by atoms with Crippen LogP contribution in [0, 0.1) is 6.92 Å². The van der Waals surface area contributed by atoms with Crippen molar-refractivity contribution < 1.29 is 0 Å². The van der Waals surface area contributed by atoms with Gasteiger partial charge in [0.15, 0.2) is 0 Å². The molecule has 3 aromatic rings. The summed E-state index contributed by atoms with van der Waals surface area (Å²) in [5, 5.41) is 5.32. The van der Waals surface area contributed by atoms with Gasteiger partial charge in [0, 0.05) is 5.41 Å². The standard InChI is InChI=1S/C25H24/c1-17-9-10-19-11-12-20-15-21-18(2)8-6-5-7-13-25(3,4)24(21)16-23(20)22(19)14-17/h5-16H,1-4H3/b6-5-,13-7?,18-8+. The van der Waals surface area contributed by atoms with Crippen LogP contribution in [0.1, 0.15) is 37.5 Å². The van der Waals surface area contributed by atoms with Gasteiger partial charge in [-0.05, 0) is 64.2 Å². The summed E-state index contributed by atoms with van der Waals surface area (Å²) in [7, 11) is 0. The molecule has 0 amide bonds. The predicted octanol–water partition coefficient (Wildman–Crippen LogP) is 7.11. The molecule has 25 heavy (non-hydrogen) atoms. The molecule has 0 aromatic heterocycles. The minimum absolute atomic E-state index is 0.0146. The molecular weight excluding hydrogens is 300 g/mol. The summed E-state index contributed by atoms with van der Waals surface area (Å²) in [6.45, 7) is 8.98. The topological polar surface area (TPSA) is 0 Å². The lowest BCUT2D eigenvalue weighted by Crippen LogP contribution is -2.15. The Hall–Kier alpha value is -2.60. The van der Waals surface area contributed by atoms with Crippen LogP contribution < -0.4 is 0 Å². The van der Waals surface area contributed by atoms with Crippen LogP contribution in [-0.2, 0) is 5.41 Å². The lowest BCUT2D eigenvalue weighted by Gasteiger charge is -2.26. The van der Waals surface area contributed by atoms with Gasteiger partial charge in [0.05, 0.1) is 0 Å². The largest absolute Gasteiger partial charge is 0.0745 e. The lowest BCUT2D eigenvalue weighted by molar-refractivity contribution is 0.669. The zero-order valence-corrected chi connectivity index (χ0v) is 15.4. The maximum atomic E-state index is 2.42. The minimum Gasteiger partial charge on any atom is -0.0745 e.